The first-order chi connectivity index (χ1) is 13.0. The molecule has 2 aromatic carbocycles. The van der Waals surface area contributed by atoms with E-state index in [1.807, 2.05) is 19.1 Å². The molecule has 0 spiro atoms. The Kier molecular flexibility index (Phi) is 5.32. The topological polar surface area (TPSA) is 107 Å². The van der Waals surface area contributed by atoms with Crippen LogP contribution in [0, 0.1) is 6.92 Å². The van der Waals surface area contributed by atoms with Crippen LogP contribution >= 0.6 is 0 Å². The molecule has 0 unspecified atom stereocenters. The predicted octanol–water partition coefficient (Wildman–Crippen LogP) is 2.77. The van der Waals surface area contributed by atoms with Gasteiger partial charge in [0.05, 0.1) is 12.2 Å². The Bertz CT molecular complexity index is 990. The molecule has 0 fully saturated rings. The monoisotopic (exact) mass is 362 g/mol. The maximum absolute atomic E-state index is 11.8. The number of carboxylic acids is 1. The molecule has 0 aliphatic carbocycles. The maximum atomic E-state index is 11.8. The van der Waals surface area contributed by atoms with Crippen molar-refractivity contribution in [2.45, 2.75) is 6.92 Å². The summed E-state index contributed by atoms with van der Waals surface area (Å²) in [7, 11) is 0. The third-order valence-corrected chi connectivity index (χ3v) is 3.68. The third kappa shape index (κ3) is 4.82. The lowest BCUT2D eigenvalue weighted by atomic mass is 10.1. The average molecular weight is 362 g/mol. The minimum Gasteiger partial charge on any atom is -0.545 e. The van der Waals surface area contributed by atoms with E-state index < -0.39 is 12.0 Å². The van der Waals surface area contributed by atoms with Gasteiger partial charge in [0.25, 0.3) is 0 Å². The molecule has 136 valence electrons. The lowest BCUT2D eigenvalue weighted by Gasteiger charge is -2.04. The number of rotatable bonds is 5. The zero-order valence-electron chi connectivity index (χ0n) is 14.4. The molecule has 2 amide bonds. The van der Waals surface area contributed by atoms with Gasteiger partial charge in [-0.3, -0.25) is 0 Å². The number of carboxylic acid groups (broad SMARTS) is 1. The zero-order valence-corrected chi connectivity index (χ0v) is 14.4. The second kappa shape index (κ2) is 8.01. The second-order valence-electron chi connectivity index (χ2n) is 5.76. The number of nitrogens with zero attached hydrogens (tertiary/aromatic N) is 1. The quantitative estimate of drug-likeness (QED) is 0.537. The summed E-state index contributed by atoms with van der Waals surface area (Å²) in [5, 5.41) is 17.4. The summed E-state index contributed by atoms with van der Waals surface area (Å²) < 4.78 is 5.58. The van der Waals surface area contributed by atoms with Gasteiger partial charge in [0.15, 0.2) is 0 Å². The maximum Gasteiger partial charge on any atom is 0.339 e. The van der Waals surface area contributed by atoms with Gasteiger partial charge < -0.3 is 19.6 Å². The van der Waals surface area contributed by atoms with Crippen LogP contribution in [0.15, 0.2) is 70.2 Å². The first-order valence-electron chi connectivity index (χ1n) is 8.09. The molecule has 0 saturated heterocycles. The summed E-state index contributed by atoms with van der Waals surface area (Å²) in [5.41, 5.74) is 4.75. The van der Waals surface area contributed by atoms with E-state index in [1.54, 1.807) is 36.4 Å². The number of urea groups is 1. The molecular weight excluding hydrogens is 346 g/mol. The van der Waals surface area contributed by atoms with E-state index in [0.717, 1.165) is 5.56 Å². The molecule has 3 rings (SSSR count). The minimum atomic E-state index is -1.26. The lowest BCUT2D eigenvalue weighted by Crippen LogP contribution is -2.24. The summed E-state index contributed by atoms with van der Waals surface area (Å²) in [5.74, 6) is -0.378. The molecule has 7 nitrogen and oxygen atoms in total. The summed E-state index contributed by atoms with van der Waals surface area (Å²) in [6, 6.07) is 16.4. The van der Waals surface area contributed by atoms with E-state index in [4.69, 9.17) is 4.42 Å². The largest absolute Gasteiger partial charge is 0.545 e. The molecule has 0 bridgehead atoms. The molecule has 3 aromatic rings. The van der Waals surface area contributed by atoms with Gasteiger partial charge in [-0.25, -0.2) is 10.2 Å². The standard InChI is InChI=1S/C20H17N3O4/c1-13-5-7-16(8-6-13)22-20(26)23-21-12-17-9-10-18(27-17)14-3-2-4-15(11-14)19(24)25/h2-12H,1H3,(H,24,25)(H2,22,23,26)/p-1/b21-12-. The Morgan fingerprint density at radius 3 is 2.59 bits per heavy atom. The number of anilines is 1. The van der Waals surface area contributed by atoms with E-state index >= 15 is 0 Å². The smallest absolute Gasteiger partial charge is 0.339 e. The van der Waals surface area contributed by atoms with Gasteiger partial charge in [0, 0.05) is 11.3 Å². The highest BCUT2D eigenvalue weighted by atomic mass is 16.4. The van der Waals surface area contributed by atoms with Crippen molar-refractivity contribution in [2.75, 3.05) is 5.32 Å². The van der Waals surface area contributed by atoms with Gasteiger partial charge in [0.2, 0.25) is 0 Å². The SMILES string of the molecule is Cc1ccc(NC(=O)N/N=C\c2ccc(-c3cccc(C(=O)[O-])c3)o2)cc1. The van der Waals surface area contributed by atoms with Crippen molar-refractivity contribution < 1.29 is 19.1 Å². The number of aryl methyl sites for hydroxylation is 1. The van der Waals surface area contributed by atoms with Gasteiger partial charge in [-0.1, -0.05) is 35.9 Å². The Morgan fingerprint density at radius 1 is 1.07 bits per heavy atom. The molecule has 0 aliphatic rings. The lowest BCUT2D eigenvalue weighted by molar-refractivity contribution is -0.255. The van der Waals surface area contributed by atoms with Crippen LogP contribution in [0.25, 0.3) is 11.3 Å². The van der Waals surface area contributed by atoms with Crippen molar-refractivity contribution in [1.29, 1.82) is 0 Å². The summed E-state index contributed by atoms with van der Waals surface area (Å²) in [4.78, 5) is 22.7. The van der Waals surface area contributed by atoms with Crippen molar-refractivity contribution in [3.63, 3.8) is 0 Å². The Hall–Kier alpha value is -3.87. The number of carbonyl (C=O) groups excluding carboxylic acids is 2. The number of hydrogen-bond acceptors (Lipinski definition) is 5. The van der Waals surface area contributed by atoms with Crippen molar-refractivity contribution in [3.8, 4) is 11.3 Å². The minimum absolute atomic E-state index is 0.0635. The fourth-order valence-corrected chi connectivity index (χ4v) is 2.33. The van der Waals surface area contributed by atoms with Crippen LogP contribution in [0.3, 0.4) is 0 Å². The van der Waals surface area contributed by atoms with E-state index in [2.05, 4.69) is 15.8 Å². The molecule has 0 atom stereocenters. The van der Waals surface area contributed by atoms with E-state index in [0.29, 0.717) is 22.8 Å². The van der Waals surface area contributed by atoms with Crippen LogP contribution in [-0.2, 0) is 0 Å². The molecule has 7 heteroatoms. The summed E-state index contributed by atoms with van der Waals surface area (Å²) in [6.45, 7) is 1.96. The molecule has 1 heterocycles. The highest BCUT2D eigenvalue weighted by Gasteiger charge is 2.05. The average Bonchev–Trinajstić information content (AvgIpc) is 3.13. The van der Waals surface area contributed by atoms with Gasteiger partial charge in [-0.05, 0) is 42.8 Å². The molecule has 2 N–H and O–H groups in total. The number of furan rings is 1. The Morgan fingerprint density at radius 2 is 1.85 bits per heavy atom. The van der Waals surface area contributed by atoms with Crippen LogP contribution in [-0.4, -0.2) is 18.2 Å². The van der Waals surface area contributed by atoms with Crippen LogP contribution in [0.4, 0.5) is 10.5 Å². The number of hydrogen-bond donors (Lipinski definition) is 2. The van der Waals surface area contributed by atoms with Crippen LogP contribution in [0.1, 0.15) is 21.7 Å². The third-order valence-electron chi connectivity index (χ3n) is 3.68. The number of aromatic carboxylic acids is 1. The molecule has 0 radical (unpaired) electrons. The van der Waals surface area contributed by atoms with Crippen LogP contribution < -0.4 is 15.8 Å². The van der Waals surface area contributed by atoms with Crippen LogP contribution in [0.2, 0.25) is 0 Å². The van der Waals surface area contributed by atoms with Crippen LogP contribution in [0.5, 0.6) is 0 Å². The highest BCUT2D eigenvalue weighted by molar-refractivity contribution is 5.90. The fourth-order valence-electron chi connectivity index (χ4n) is 2.33. The first kappa shape index (κ1) is 17.9. The van der Waals surface area contributed by atoms with E-state index in [1.165, 1.54) is 18.3 Å². The van der Waals surface area contributed by atoms with Gasteiger partial charge in [0.1, 0.15) is 11.5 Å². The van der Waals surface area contributed by atoms with Gasteiger partial charge >= 0.3 is 6.03 Å². The molecule has 0 saturated carbocycles. The summed E-state index contributed by atoms with van der Waals surface area (Å²) >= 11 is 0. The molecular formula is C20H16N3O4-. The molecule has 0 aliphatic heterocycles. The molecule has 1 aromatic heterocycles. The van der Waals surface area contributed by atoms with Gasteiger partial charge in [-0.15, -0.1) is 0 Å². The van der Waals surface area contributed by atoms with Gasteiger partial charge in [-0.2, -0.15) is 5.10 Å². The number of carbonyl (C=O) groups is 2. The van der Waals surface area contributed by atoms with Crippen molar-refractivity contribution in [1.82, 2.24) is 5.43 Å². The normalized spacial score (nSPS) is 10.7. The second-order valence-corrected chi connectivity index (χ2v) is 5.76. The van der Waals surface area contributed by atoms with Crippen molar-refractivity contribution >= 4 is 23.9 Å². The first-order valence-corrected chi connectivity index (χ1v) is 8.09. The van der Waals surface area contributed by atoms with Crippen molar-refractivity contribution in [3.05, 3.63) is 77.6 Å². The van der Waals surface area contributed by atoms with Crippen molar-refractivity contribution in [2.24, 2.45) is 5.10 Å². The Balaban J connectivity index is 1.60. The molecule has 27 heavy (non-hydrogen) atoms. The number of hydrazone groups is 1. The van der Waals surface area contributed by atoms with E-state index in [-0.39, 0.29) is 5.56 Å². The highest BCUT2D eigenvalue weighted by Crippen LogP contribution is 2.22. The fraction of sp³-hybridized carbons (Fsp3) is 0.0500. The van der Waals surface area contributed by atoms with E-state index in [9.17, 15) is 14.7 Å². The Labute approximate surface area is 155 Å². The zero-order chi connectivity index (χ0) is 19.2. The number of benzene rings is 2. The number of amides is 2. The summed E-state index contributed by atoms with van der Waals surface area (Å²) in [6.07, 6.45) is 1.35. The predicted molar refractivity (Wildman–Crippen MR) is 99.4 cm³/mol. The number of nitrogens with one attached hydrogen (secondary N) is 2.